The number of hydrogen-bond acceptors (Lipinski definition) is 2. The van der Waals surface area contributed by atoms with E-state index in [4.69, 9.17) is 0 Å². The SMILES string of the molecule is Cc1ccc(C2CCc3n[nH]c(=O)n32)cc1. The molecule has 0 amide bonds. The molecule has 0 radical (unpaired) electrons. The number of nitrogens with one attached hydrogen (secondary N) is 1. The molecule has 1 aromatic heterocycles. The monoisotopic (exact) mass is 215 g/mol. The van der Waals surface area contributed by atoms with Crippen molar-refractivity contribution in [2.75, 3.05) is 0 Å². The van der Waals surface area contributed by atoms with Crippen LogP contribution < -0.4 is 5.69 Å². The maximum Gasteiger partial charge on any atom is 0.343 e. The normalized spacial score (nSPS) is 18.7. The Bertz CT molecular complexity index is 565. The highest BCUT2D eigenvalue weighted by molar-refractivity contribution is 5.26. The van der Waals surface area contributed by atoms with Gasteiger partial charge in [0.15, 0.2) is 0 Å². The van der Waals surface area contributed by atoms with Crippen LogP contribution in [0, 0.1) is 6.92 Å². The minimum Gasteiger partial charge on any atom is -0.271 e. The maximum atomic E-state index is 11.6. The lowest BCUT2D eigenvalue weighted by atomic mass is 10.0. The molecule has 0 bridgehead atoms. The summed E-state index contributed by atoms with van der Waals surface area (Å²) in [7, 11) is 0. The molecule has 0 spiro atoms. The number of aromatic nitrogens is 3. The number of nitrogens with zero attached hydrogens (tertiary/aromatic N) is 2. The molecule has 1 aliphatic heterocycles. The third-order valence-electron chi connectivity index (χ3n) is 3.19. The van der Waals surface area contributed by atoms with Gasteiger partial charge in [-0.1, -0.05) is 29.8 Å². The summed E-state index contributed by atoms with van der Waals surface area (Å²) in [6, 6.07) is 8.50. The van der Waals surface area contributed by atoms with Crippen LogP contribution in [-0.4, -0.2) is 14.8 Å². The summed E-state index contributed by atoms with van der Waals surface area (Å²) in [5, 5.41) is 6.52. The van der Waals surface area contributed by atoms with Gasteiger partial charge in [-0.3, -0.25) is 4.57 Å². The van der Waals surface area contributed by atoms with Crippen molar-refractivity contribution in [2.45, 2.75) is 25.8 Å². The average Bonchev–Trinajstić information content (AvgIpc) is 2.84. The van der Waals surface area contributed by atoms with E-state index < -0.39 is 0 Å². The van der Waals surface area contributed by atoms with Crippen LogP contribution in [0.5, 0.6) is 0 Å². The molecule has 3 rings (SSSR count). The maximum absolute atomic E-state index is 11.6. The van der Waals surface area contributed by atoms with Crippen LogP contribution in [0.25, 0.3) is 0 Å². The number of hydrogen-bond donors (Lipinski definition) is 1. The van der Waals surface area contributed by atoms with Gasteiger partial charge < -0.3 is 0 Å². The van der Waals surface area contributed by atoms with Crippen molar-refractivity contribution in [1.29, 1.82) is 0 Å². The van der Waals surface area contributed by atoms with Gasteiger partial charge in [0.05, 0.1) is 6.04 Å². The molecule has 1 atom stereocenters. The van der Waals surface area contributed by atoms with Gasteiger partial charge in [-0.05, 0) is 18.9 Å². The van der Waals surface area contributed by atoms with E-state index in [-0.39, 0.29) is 11.7 Å². The van der Waals surface area contributed by atoms with Gasteiger partial charge in [0, 0.05) is 6.42 Å². The van der Waals surface area contributed by atoms with Crippen LogP contribution in [0.15, 0.2) is 29.1 Å². The lowest BCUT2D eigenvalue weighted by Crippen LogP contribution is -2.20. The van der Waals surface area contributed by atoms with Crippen molar-refractivity contribution in [3.63, 3.8) is 0 Å². The van der Waals surface area contributed by atoms with Gasteiger partial charge in [-0.15, -0.1) is 0 Å². The summed E-state index contributed by atoms with van der Waals surface area (Å²) in [6.45, 7) is 2.06. The Morgan fingerprint density at radius 1 is 1.38 bits per heavy atom. The van der Waals surface area contributed by atoms with Gasteiger partial charge >= 0.3 is 5.69 Å². The molecule has 0 aliphatic carbocycles. The van der Waals surface area contributed by atoms with Gasteiger partial charge in [-0.25, -0.2) is 9.89 Å². The highest BCUT2D eigenvalue weighted by atomic mass is 16.1. The van der Waals surface area contributed by atoms with Crippen LogP contribution in [0.3, 0.4) is 0 Å². The van der Waals surface area contributed by atoms with Crippen molar-refractivity contribution < 1.29 is 0 Å². The molecular formula is C12H13N3O. The number of H-pyrrole nitrogens is 1. The molecule has 0 saturated carbocycles. The minimum absolute atomic E-state index is 0.0990. The van der Waals surface area contributed by atoms with Crippen LogP contribution >= 0.6 is 0 Å². The smallest absolute Gasteiger partial charge is 0.271 e. The molecule has 1 unspecified atom stereocenters. The zero-order valence-electron chi connectivity index (χ0n) is 9.10. The van der Waals surface area contributed by atoms with E-state index in [1.165, 1.54) is 11.1 Å². The van der Waals surface area contributed by atoms with Gasteiger partial charge in [0.25, 0.3) is 0 Å². The highest BCUT2D eigenvalue weighted by Gasteiger charge is 2.26. The summed E-state index contributed by atoms with van der Waals surface area (Å²) in [6.07, 6.45) is 1.84. The summed E-state index contributed by atoms with van der Waals surface area (Å²) in [5.74, 6) is 0.871. The Hall–Kier alpha value is -1.84. The lowest BCUT2D eigenvalue weighted by Gasteiger charge is -2.11. The molecule has 2 aromatic rings. The topological polar surface area (TPSA) is 50.7 Å². The number of aryl methyl sites for hydroxylation is 2. The molecule has 2 heterocycles. The van der Waals surface area contributed by atoms with Gasteiger partial charge in [0.2, 0.25) is 0 Å². The predicted molar refractivity (Wildman–Crippen MR) is 60.5 cm³/mol. The van der Waals surface area contributed by atoms with E-state index in [1.54, 1.807) is 4.57 Å². The molecule has 82 valence electrons. The van der Waals surface area contributed by atoms with Gasteiger partial charge in [0.1, 0.15) is 5.82 Å². The Kier molecular flexibility index (Phi) is 1.96. The first-order chi connectivity index (χ1) is 7.75. The van der Waals surface area contributed by atoms with Crippen molar-refractivity contribution in [1.82, 2.24) is 14.8 Å². The first-order valence-corrected chi connectivity index (χ1v) is 5.48. The Labute approximate surface area is 92.9 Å². The van der Waals surface area contributed by atoms with Gasteiger partial charge in [-0.2, -0.15) is 5.10 Å². The Morgan fingerprint density at radius 2 is 2.12 bits per heavy atom. The number of rotatable bonds is 1. The van der Waals surface area contributed by atoms with Crippen molar-refractivity contribution >= 4 is 0 Å². The fourth-order valence-corrected chi connectivity index (χ4v) is 2.33. The van der Waals surface area contributed by atoms with E-state index in [0.717, 1.165) is 18.7 Å². The zero-order chi connectivity index (χ0) is 11.1. The van der Waals surface area contributed by atoms with Crippen LogP contribution in [0.2, 0.25) is 0 Å². The summed E-state index contributed by atoms with van der Waals surface area (Å²) in [5.41, 5.74) is 2.33. The summed E-state index contributed by atoms with van der Waals surface area (Å²) >= 11 is 0. The average molecular weight is 215 g/mol. The van der Waals surface area contributed by atoms with E-state index in [0.29, 0.717) is 0 Å². The number of aromatic amines is 1. The third kappa shape index (κ3) is 1.30. The van der Waals surface area contributed by atoms with Crippen LogP contribution in [0.4, 0.5) is 0 Å². The molecule has 4 nitrogen and oxygen atoms in total. The Balaban J connectivity index is 2.07. The fraction of sp³-hybridized carbons (Fsp3) is 0.333. The largest absolute Gasteiger partial charge is 0.343 e. The molecular weight excluding hydrogens is 202 g/mol. The van der Waals surface area contributed by atoms with E-state index in [9.17, 15) is 4.79 Å². The van der Waals surface area contributed by atoms with E-state index >= 15 is 0 Å². The fourth-order valence-electron chi connectivity index (χ4n) is 2.33. The van der Waals surface area contributed by atoms with E-state index in [2.05, 4.69) is 41.4 Å². The van der Waals surface area contributed by atoms with Crippen molar-refractivity contribution in [3.8, 4) is 0 Å². The predicted octanol–water partition coefficient (Wildman–Crippen LogP) is 1.42. The molecule has 16 heavy (non-hydrogen) atoms. The standard InChI is InChI=1S/C12H13N3O/c1-8-2-4-9(5-3-8)10-6-7-11-13-14-12(16)15(10)11/h2-5,10H,6-7H2,1H3,(H,14,16). The number of benzene rings is 1. The number of fused-ring (bicyclic) bond motifs is 1. The van der Waals surface area contributed by atoms with Crippen LogP contribution in [-0.2, 0) is 6.42 Å². The molecule has 0 fully saturated rings. The molecule has 4 heteroatoms. The Morgan fingerprint density at radius 3 is 2.88 bits per heavy atom. The molecule has 1 aliphatic rings. The summed E-state index contributed by atoms with van der Waals surface area (Å²) < 4.78 is 1.77. The second-order valence-corrected chi connectivity index (χ2v) is 4.28. The second-order valence-electron chi connectivity index (χ2n) is 4.28. The molecule has 1 aromatic carbocycles. The molecule has 0 saturated heterocycles. The van der Waals surface area contributed by atoms with Crippen molar-refractivity contribution in [2.24, 2.45) is 0 Å². The first-order valence-electron chi connectivity index (χ1n) is 5.48. The third-order valence-corrected chi connectivity index (χ3v) is 3.19. The zero-order valence-corrected chi connectivity index (χ0v) is 9.10. The molecule has 1 N–H and O–H groups in total. The lowest BCUT2D eigenvalue weighted by molar-refractivity contribution is 0.598. The van der Waals surface area contributed by atoms with Crippen molar-refractivity contribution in [3.05, 3.63) is 51.7 Å². The second kappa shape index (κ2) is 3.33. The highest BCUT2D eigenvalue weighted by Crippen LogP contribution is 2.28. The van der Waals surface area contributed by atoms with E-state index in [1.807, 2.05) is 0 Å². The summed E-state index contributed by atoms with van der Waals surface area (Å²) in [4.78, 5) is 11.6. The first kappa shape index (κ1) is 9.39. The quantitative estimate of drug-likeness (QED) is 0.782. The van der Waals surface area contributed by atoms with Crippen LogP contribution in [0.1, 0.15) is 29.4 Å². The minimum atomic E-state index is -0.0990.